The van der Waals surface area contributed by atoms with E-state index in [0.717, 1.165) is 24.8 Å². The van der Waals surface area contributed by atoms with Crippen molar-refractivity contribution in [1.82, 2.24) is 0 Å². The van der Waals surface area contributed by atoms with Crippen LogP contribution in [0.3, 0.4) is 0 Å². The van der Waals surface area contributed by atoms with Crippen LogP contribution < -0.4 is 0 Å². The molecule has 0 fully saturated rings. The summed E-state index contributed by atoms with van der Waals surface area (Å²) >= 11 is 0. The van der Waals surface area contributed by atoms with Crippen molar-refractivity contribution in [3.63, 3.8) is 0 Å². The van der Waals surface area contributed by atoms with Crippen molar-refractivity contribution in [1.29, 1.82) is 0 Å². The Morgan fingerprint density at radius 3 is 2.87 bits per heavy atom. The fourth-order valence-corrected chi connectivity index (χ4v) is 1.53. The smallest absolute Gasteiger partial charge is 0.303 e. The molecule has 0 unspecified atom stereocenters. The van der Waals surface area contributed by atoms with Gasteiger partial charge < -0.3 is 5.11 Å². The third-order valence-electron chi connectivity index (χ3n) is 2.37. The predicted octanol–water partition coefficient (Wildman–Crippen LogP) is 2.48. The SMILES string of the molecule is O=C(O)CCCCC=CC1=CCCC1=O. The van der Waals surface area contributed by atoms with Crippen molar-refractivity contribution in [3.05, 3.63) is 23.8 Å². The molecule has 0 saturated heterocycles. The minimum absolute atomic E-state index is 0.219. The highest BCUT2D eigenvalue weighted by molar-refractivity contribution is 6.00. The van der Waals surface area contributed by atoms with Crippen LogP contribution in [0.15, 0.2) is 23.8 Å². The number of unbranched alkanes of at least 4 members (excludes halogenated alkanes) is 2. The minimum atomic E-state index is -0.743. The molecule has 1 aliphatic rings. The highest BCUT2D eigenvalue weighted by Crippen LogP contribution is 2.15. The van der Waals surface area contributed by atoms with Gasteiger partial charge in [-0.1, -0.05) is 18.2 Å². The van der Waals surface area contributed by atoms with Gasteiger partial charge in [-0.15, -0.1) is 0 Å². The van der Waals surface area contributed by atoms with E-state index in [2.05, 4.69) is 0 Å². The summed E-state index contributed by atoms with van der Waals surface area (Å²) in [6.07, 6.45) is 9.91. The van der Waals surface area contributed by atoms with E-state index in [1.165, 1.54) is 0 Å². The van der Waals surface area contributed by atoms with Crippen LogP contribution in [0.2, 0.25) is 0 Å². The molecule has 0 aromatic heterocycles. The van der Waals surface area contributed by atoms with E-state index in [0.29, 0.717) is 12.8 Å². The lowest BCUT2D eigenvalue weighted by molar-refractivity contribution is -0.137. The van der Waals surface area contributed by atoms with Gasteiger partial charge in [-0.25, -0.2) is 0 Å². The van der Waals surface area contributed by atoms with Gasteiger partial charge in [0, 0.05) is 18.4 Å². The van der Waals surface area contributed by atoms with Gasteiger partial charge in [-0.05, 0) is 25.7 Å². The summed E-state index contributed by atoms with van der Waals surface area (Å²) in [5, 5.41) is 8.41. The number of aliphatic carboxylic acids is 1. The van der Waals surface area contributed by atoms with Crippen LogP contribution in [0.25, 0.3) is 0 Å². The molecule has 0 aromatic rings. The van der Waals surface area contributed by atoms with Crippen LogP contribution in [0.4, 0.5) is 0 Å². The third-order valence-corrected chi connectivity index (χ3v) is 2.37. The third kappa shape index (κ3) is 4.58. The van der Waals surface area contributed by atoms with Crippen LogP contribution in [-0.4, -0.2) is 16.9 Å². The van der Waals surface area contributed by atoms with Gasteiger partial charge in [0.25, 0.3) is 0 Å². The summed E-state index contributed by atoms with van der Waals surface area (Å²) in [7, 11) is 0. The summed E-state index contributed by atoms with van der Waals surface area (Å²) in [6, 6.07) is 0. The molecule has 0 aromatic carbocycles. The Balaban J connectivity index is 2.12. The number of rotatable bonds is 6. The minimum Gasteiger partial charge on any atom is -0.481 e. The Labute approximate surface area is 89.5 Å². The lowest BCUT2D eigenvalue weighted by atomic mass is 10.1. The Morgan fingerprint density at radius 2 is 2.27 bits per heavy atom. The second-order valence-electron chi connectivity index (χ2n) is 3.66. The first-order valence-electron chi connectivity index (χ1n) is 5.32. The molecular weight excluding hydrogens is 192 g/mol. The molecule has 1 N–H and O–H groups in total. The molecule has 0 saturated carbocycles. The fraction of sp³-hybridized carbons (Fsp3) is 0.500. The fourth-order valence-electron chi connectivity index (χ4n) is 1.53. The highest BCUT2D eigenvalue weighted by Gasteiger charge is 2.10. The highest BCUT2D eigenvalue weighted by atomic mass is 16.4. The van der Waals surface area contributed by atoms with E-state index < -0.39 is 5.97 Å². The van der Waals surface area contributed by atoms with Gasteiger partial charge >= 0.3 is 5.97 Å². The first kappa shape index (κ1) is 11.7. The summed E-state index contributed by atoms with van der Waals surface area (Å²) < 4.78 is 0. The van der Waals surface area contributed by atoms with E-state index in [4.69, 9.17) is 5.11 Å². The van der Waals surface area contributed by atoms with E-state index in [1.54, 1.807) is 0 Å². The number of ketones is 1. The maximum Gasteiger partial charge on any atom is 0.303 e. The molecule has 0 bridgehead atoms. The molecule has 1 aliphatic carbocycles. The van der Waals surface area contributed by atoms with Crippen molar-refractivity contribution in [2.45, 2.75) is 38.5 Å². The average molecular weight is 208 g/mol. The standard InChI is InChI=1S/C12H16O3/c13-11-8-5-7-10(11)6-3-1-2-4-9-12(14)15/h3,6-7H,1-2,4-5,8-9H2,(H,14,15). The number of Topliss-reactive ketones (excluding diaryl/α,β-unsaturated/α-hetero) is 1. The number of hydrogen-bond acceptors (Lipinski definition) is 2. The van der Waals surface area contributed by atoms with Gasteiger partial charge in [-0.3, -0.25) is 9.59 Å². The lowest BCUT2D eigenvalue weighted by Gasteiger charge is -1.94. The maximum atomic E-state index is 11.2. The number of carbonyl (C=O) groups excluding carboxylic acids is 1. The first-order chi connectivity index (χ1) is 7.20. The molecule has 3 heteroatoms. The van der Waals surface area contributed by atoms with Crippen LogP contribution in [-0.2, 0) is 9.59 Å². The zero-order chi connectivity index (χ0) is 11.1. The molecule has 0 atom stereocenters. The number of hydrogen-bond donors (Lipinski definition) is 1. The van der Waals surface area contributed by atoms with Crippen molar-refractivity contribution < 1.29 is 14.7 Å². The van der Waals surface area contributed by atoms with Crippen LogP contribution in [0, 0.1) is 0 Å². The van der Waals surface area contributed by atoms with Crippen molar-refractivity contribution in [3.8, 4) is 0 Å². The van der Waals surface area contributed by atoms with E-state index in [-0.39, 0.29) is 12.2 Å². The molecule has 1 rings (SSSR count). The number of carboxylic acid groups (broad SMARTS) is 1. The number of carbonyl (C=O) groups is 2. The summed E-state index contributed by atoms with van der Waals surface area (Å²) in [5.74, 6) is -0.524. The molecule has 0 spiro atoms. The molecule has 0 amide bonds. The van der Waals surface area contributed by atoms with E-state index in [9.17, 15) is 9.59 Å². The van der Waals surface area contributed by atoms with Crippen LogP contribution in [0.5, 0.6) is 0 Å². The Morgan fingerprint density at radius 1 is 1.47 bits per heavy atom. The zero-order valence-electron chi connectivity index (χ0n) is 8.74. The normalized spacial score (nSPS) is 16.0. The van der Waals surface area contributed by atoms with Crippen molar-refractivity contribution in [2.24, 2.45) is 0 Å². The summed E-state index contributed by atoms with van der Waals surface area (Å²) in [5.41, 5.74) is 0.813. The lowest BCUT2D eigenvalue weighted by Crippen LogP contribution is -1.93. The average Bonchev–Trinajstić information content (AvgIpc) is 2.57. The monoisotopic (exact) mass is 208 g/mol. The summed E-state index contributed by atoms with van der Waals surface area (Å²) in [6.45, 7) is 0. The number of carboxylic acids is 1. The van der Waals surface area contributed by atoms with Gasteiger partial charge in [0.2, 0.25) is 0 Å². The molecule has 82 valence electrons. The largest absolute Gasteiger partial charge is 0.481 e. The molecule has 3 nitrogen and oxygen atoms in total. The zero-order valence-corrected chi connectivity index (χ0v) is 8.74. The first-order valence-corrected chi connectivity index (χ1v) is 5.32. The van der Waals surface area contributed by atoms with Gasteiger partial charge in [0.15, 0.2) is 5.78 Å². The molecular formula is C12H16O3. The second-order valence-corrected chi connectivity index (χ2v) is 3.66. The van der Waals surface area contributed by atoms with Crippen molar-refractivity contribution in [2.75, 3.05) is 0 Å². The van der Waals surface area contributed by atoms with Crippen LogP contribution >= 0.6 is 0 Å². The Kier molecular flexibility index (Phi) is 4.81. The molecule has 15 heavy (non-hydrogen) atoms. The Hall–Kier alpha value is -1.38. The van der Waals surface area contributed by atoms with E-state index >= 15 is 0 Å². The van der Waals surface area contributed by atoms with Gasteiger partial charge in [0.05, 0.1) is 0 Å². The molecule has 0 aliphatic heterocycles. The van der Waals surface area contributed by atoms with E-state index in [1.807, 2.05) is 18.2 Å². The number of allylic oxidation sites excluding steroid dienone is 4. The van der Waals surface area contributed by atoms with Crippen LogP contribution in [0.1, 0.15) is 38.5 Å². The quantitative estimate of drug-likeness (QED) is 0.682. The molecule has 0 heterocycles. The predicted molar refractivity (Wildman–Crippen MR) is 57.6 cm³/mol. The Bertz CT molecular complexity index is 300. The maximum absolute atomic E-state index is 11.2. The second kappa shape index (κ2) is 6.17. The molecule has 0 radical (unpaired) electrons. The summed E-state index contributed by atoms with van der Waals surface area (Å²) in [4.78, 5) is 21.4. The van der Waals surface area contributed by atoms with Gasteiger partial charge in [0.1, 0.15) is 0 Å². The van der Waals surface area contributed by atoms with Gasteiger partial charge in [-0.2, -0.15) is 0 Å². The topological polar surface area (TPSA) is 54.4 Å². The van der Waals surface area contributed by atoms with Crippen molar-refractivity contribution >= 4 is 11.8 Å².